The van der Waals surface area contributed by atoms with Crippen LogP contribution in [0.25, 0.3) is 22.5 Å². The average molecular weight is 427 g/mol. The number of carbonyl (C=O) groups is 1. The first kappa shape index (κ1) is 19.5. The molecule has 154 valence electrons. The lowest BCUT2D eigenvalue weighted by Crippen LogP contribution is -2.49. The van der Waals surface area contributed by atoms with Crippen LogP contribution in [0.15, 0.2) is 84.4 Å². The van der Waals surface area contributed by atoms with Crippen molar-refractivity contribution in [2.75, 3.05) is 31.1 Å². The van der Waals surface area contributed by atoms with E-state index in [0.717, 1.165) is 46.3 Å². The largest absolute Gasteiger partial charge is 0.352 e. The van der Waals surface area contributed by atoms with Gasteiger partial charge in [0.15, 0.2) is 0 Å². The van der Waals surface area contributed by atoms with Gasteiger partial charge in [0.25, 0.3) is 5.91 Å². The maximum absolute atomic E-state index is 12.6. The van der Waals surface area contributed by atoms with E-state index < -0.39 is 0 Å². The molecule has 0 unspecified atom stereocenters. The van der Waals surface area contributed by atoms with Crippen molar-refractivity contribution >= 4 is 23.1 Å². The first-order valence-corrected chi connectivity index (χ1v) is 11.2. The average Bonchev–Trinajstić information content (AvgIpc) is 3.40. The maximum Gasteiger partial charge on any atom is 0.264 e. The first-order chi connectivity index (χ1) is 15.3. The van der Waals surface area contributed by atoms with Gasteiger partial charge in [-0.15, -0.1) is 11.3 Å². The number of amides is 1. The van der Waals surface area contributed by atoms with Gasteiger partial charge < -0.3 is 9.80 Å². The fourth-order valence-electron chi connectivity index (χ4n) is 3.83. The van der Waals surface area contributed by atoms with Crippen LogP contribution in [0.2, 0.25) is 0 Å². The number of hydrogen-bond acceptors (Lipinski definition) is 5. The molecule has 0 N–H and O–H groups in total. The molecule has 1 aliphatic rings. The Bertz CT molecular complexity index is 1150. The Morgan fingerprint density at radius 2 is 1.42 bits per heavy atom. The molecule has 1 saturated heterocycles. The van der Waals surface area contributed by atoms with Gasteiger partial charge in [0, 0.05) is 37.3 Å². The highest BCUT2D eigenvalue weighted by Crippen LogP contribution is 2.30. The molecule has 4 aromatic rings. The molecule has 0 atom stereocenters. The number of piperazine rings is 1. The van der Waals surface area contributed by atoms with Crippen LogP contribution in [0.3, 0.4) is 0 Å². The van der Waals surface area contributed by atoms with Crippen LogP contribution in [0.1, 0.15) is 9.67 Å². The van der Waals surface area contributed by atoms with E-state index in [1.165, 1.54) is 11.3 Å². The minimum atomic E-state index is 0.116. The third kappa shape index (κ3) is 4.07. The van der Waals surface area contributed by atoms with Crippen molar-refractivity contribution in [3.8, 4) is 22.5 Å². The summed E-state index contributed by atoms with van der Waals surface area (Å²) >= 11 is 1.49. The van der Waals surface area contributed by atoms with Gasteiger partial charge in [0.2, 0.25) is 0 Å². The lowest BCUT2D eigenvalue weighted by Gasteiger charge is -2.35. The van der Waals surface area contributed by atoms with Crippen molar-refractivity contribution < 1.29 is 4.79 Å². The molecule has 0 aliphatic carbocycles. The molecule has 5 rings (SSSR count). The summed E-state index contributed by atoms with van der Waals surface area (Å²) in [4.78, 5) is 27.4. The van der Waals surface area contributed by atoms with Gasteiger partial charge in [-0.25, -0.2) is 4.98 Å². The Labute approximate surface area is 185 Å². The fraction of sp³-hybridized carbons (Fsp3) is 0.160. The molecule has 3 heterocycles. The van der Waals surface area contributed by atoms with E-state index in [4.69, 9.17) is 9.97 Å². The highest BCUT2D eigenvalue weighted by molar-refractivity contribution is 7.12. The molecular formula is C25H22N4OS. The van der Waals surface area contributed by atoms with E-state index in [9.17, 15) is 4.79 Å². The maximum atomic E-state index is 12.6. The molecule has 31 heavy (non-hydrogen) atoms. The predicted octanol–water partition coefficient (Wildman–Crippen LogP) is 4.83. The van der Waals surface area contributed by atoms with Crippen LogP contribution in [-0.4, -0.2) is 47.0 Å². The van der Waals surface area contributed by atoms with Gasteiger partial charge in [-0.2, -0.15) is 0 Å². The molecule has 0 spiro atoms. The van der Waals surface area contributed by atoms with Gasteiger partial charge in [-0.1, -0.05) is 66.7 Å². The third-order valence-corrected chi connectivity index (χ3v) is 6.33. The topological polar surface area (TPSA) is 49.3 Å². The van der Waals surface area contributed by atoms with E-state index in [1.54, 1.807) is 0 Å². The smallest absolute Gasteiger partial charge is 0.264 e. The Morgan fingerprint density at radius 3 is 2.03 bits per heavy atom. The Kier molecular flexibility index (Phi) is 5.46. The summed E-state index contributed by atoms with van der Waals surface area (Å²) in [7, 11) is 0. The Balaban J connectivity index is 1.41. The quantitative estimate of drug-likeness (QED) is 0.469. The van der Waals surface area contributed by atoms with Crippen LogP contribution < -0.4 is 4.90 Å². The molecule has 1 fully saturated rings. The van der Waals surface area contributed by atoms with Crippen LogP contribution in [0.5, 0.6) is 0 Å². The molecule has 0 radical (unpaired) electrons. The number of hydrogen-bond donors (Lipinski definition) is 0. The van der Waals surface area contributed by atoms with Crippen molar-refractivity contribution in [1.82, 2.24) is 14.9 Å². The second-order valence-corrected chi connectivity index (χ2v) is 8.36. The zero-order chi connectivity index (χ0) is 21.0. The number of benzene rings is 2. The normalized spacial score (nSPS) is 13.9. The van der Waals surface area contributed by atoms with Gasteiger partial charge in [-0.3, -0.25) is 9.78 Å². The summed E-state index contributed by atoms with van der Waals surface area (Å²) in [5, 5.41) is 1.94. The summed E-state index contributed by atoms with van der Waals surface area (Å²) in [6.07, 6.45) is 1.85. The lowest BCUT2D eigenvalue weighted by molar-refractivity contribution is 0.0751. The van der Waals surface area contributed by atoms with Crippen molar-refractivity contribution in [2.24, 2.45) is 0 Å². The molecule has 0 bridgehead atoms. The summed E-state index contributed by atoms with van der Waals surface area (Å²) in [5.41, 5.74) is 3.84. The number of nitrogens with zero attached hydrogens (tertiary/aromatic N) is 4. The van der Waals surface area contributed by atoms with E-state index in [-0.39, 0.29) is 5.91 Å². The van der Waals surface area contributed by atoms with E-state index in [1.807, 2.05) is 65.0 Å². The Hall–Kier alpha value is -3.51. The number of carbonyl (C=O) groups excluding carboxylic acids is 1. The van der Waals surface area contributed by atoms with Crippen molar-refractivity contribution in [3.05, 3.63) is 89.3 Å². The lowest BCUT2D eigenvalue weighted by atomic mass is 10.0. The number of anilines is 1. The summed E-state index contributed by atoms with van der Waals surface area (Å²) < 4.78 is 0. The highest BCUT2D eigenvalue weighted by Gasteiger charge is 2.24. The van der Waals surface area contributed by atoms with Gasteiger partial charge in [-0.05, 0) is 11.4 Å². The highest BCUT2D eigenvalue weighted by atomic mass is 32.1. The van der Waals surface area contributed by atoms with Gasteiger partial charge >= 0.3 is 0 Å². The molecule has 5 nitrogen and oxygen atoms in total. The van der Waals surface area contributed by atoms with Crippen LogP contribution >= 0.6 is 11.3 Å². The SMILES string of the molecule is O=C(c1cccs1)N1CCN(c2cnc(-c3ccccc3)c(-c3ccccc3)n2)CC1. The number of rotatable bonds is 4. The number of thiophene rings is 1. The molecule has 1 aliphatic heterocycles. The molecule has 0 saturated carbocycles. The summed E-state index contributed by atoms with van der Waals surface area (Å²) in [5.74, 6) is 0.965. The second kappa shape index (κ2) is 8.70. The van der Waals surface area contributed by atoms with Gasteiger partial charge in [0.05, 0.1) is 22.5 Å². The van der Waals surface area contributed by atoms with E-state index in [0.29, 0.717) is 13.1 Å². The fourth-order valence-corrected chi connectivity index (χ4v) is 4.52. The van der Waals surface area contributed by atoms with Gasteiger partial charge in [0.1, 0.15) is 5.82 Å². The molecule has 2 aromatic carbocycles. The van der Waals surface area contributed by atoms with Crippen molar-refractivity contribution in [3.63, 3.8) is 0 Å². The summed E-state index contributed by atoms with van der Waals surface area (Å²) in [6, 6.07) is 24.2. The molecular weight excluding hydrogens is 404 g/mol. The zero-order valence-corrected chi connectivity index (χ0v) is 17.8. The zero-order valence-electron chi connectivity index (χ0n) is 17.0. The van der Waals surface area contributed by atoms with Crippen molar-refractivity contribution in [1.29, 1.82) is 0 Å². The van der Waals surface area contributed by atoms with E-state index >= 15 is 0 Å². The van der Waals surface area contributed by atoms with E-state index in [2.05, 4.69) is 29.2 Å². The molecule has 2 aromatic heterocycles. The van der Waals surface area contributed by atoms with Crippen molar-refractivity contribution in [2.45, 2.75) is 0 Å². The molecule has 1 amide bonds. The minimum Gasteiger partial charge on any atom is -0.352 e. The van der Waals surface area contributed by atoms with Crippen LogP contribution in [0, 0.1) is 0 Å². The standard InChI is InChI=1S/C25H22N4OS/c30-25(21-12-7-17-31-21)29-15-13-28(14-16-29)22-18-26-23(19-8-3-1-4-9-19)24(27-22)20-10-5-2-6-11-20/h1-12,17-18H,13-16H2. The Morgan fingerprint density at radius 1 is 0.774 bits per heavy atom. The third-order valence-electron chi connectivity index (χ3n) is 5.48. The summed E-state index contributed by atoms with van der Waals surface area (Å²) in [6.45, 7) is 2.84. The van der Waals surface area contributed by atoms with Crippen LogP contribution in [0.4, 0.5) is 5.82 Å². The number of aromatic nitrogens is 2. The van der Waals surface area contributed by atoms with Crippen LogP contribution in [-0.2, 0) is 0 Å². The monoisotopic (exact) mass is 426 g/mol. The minimum absolute atomic E-state index is 0.116. The first-order valence-electron chi connectivity index (χ1n) is 10.4. The predicted molar refractivity (Wildman–Crippen MR) is 125 cm³/mol. The second-order valence-electron chi connectivity index (χ2n) is 7.41. The molecule has 6 heteroatoms.